The lowest BCUT2D eigenvalue weighted by molar-refractivity contribution is -0.117. The summed E-state index contributed by atoms with van der Waals surface area (Å²) in [5.41, 5.74) is 0. The summed E-state index contributed by atoms with van der Waals surface area (Å²) >= 11 is 6.09. The number of halogens is 1. The SMILES string of the molecule is CSCCC(NS(=O)(=O)c1ccc(Br)cc1)C(=O)Nc1nccs1. The number of hydrogen-bond donors (Lipinski definition) is 2. The van der Waals surface area contributed by atoms with E-state index in [0.29, 0.717) is 17.3 Å². The van der Waals surface area contributed by atoms with E-state index in [1.54, 1.807) is 35.5 Å². The molecule has 0 radical (unpaired) electrons. The molecule has 10 heteroatoms. The Morgan fingerprint density at radius 2 is 2.08 bits per heavy atom. The van der Waals surface area contributed by atoms with Crippen molar-refractivity contribution in [2.75, 3.05) is 17.3 Å². The molecule has 0 saturated carbocycles. The minimum atomic E-state index is -3.79. The molecule has 0 aliphatic carbocycles. The van der Waals surface area contributed by atoms with Gasteiger partial charge in [0.1, 0.15) is 6.04 Å². The average Bonchev–Trinajstić information content (AvgIpc) is 3.04. The highest BCUT2D eigenvalue weighted by molar-refractivity contribution is 9.10. The van der Waals surface area contributed by atoms with Crippen LogP contribution in [-0.4, -0.2) is 37.4 Å². The molecule has 2 N–H and O–H groups in total. The van der Waals surface area contributed by atoms with Crippen LogP contribution >= 0.6 is 39.0 Å². The Kier molecular flexibility index (Phi) is 7.23. The third kappa shape index (κ3) is 5.55. The van der Waals surface area contributed by atoms with Crippen molar-refractivity contribution in [2.45, 2.75) is 17.4 Å². The summed E-state index contributed by atoms with van der Waals surface area (Å²) in [5, 5.41) is 4.82. The normalized spacial score (nSPS) is 12.8. The molecule has 6 nitrogen and oxygen atoms in total. The molecule has 0 fully saturated rings. The maximum absolute atomic E-state index is 12.5. The van der Waals surface area contributed by atoms with Crippen molar-refractivity contribution in [2.24, 2.45) is 0 Å². The van der Waals surface area contributed by atoms with Crippen LogP contribution < -0.4 is 10.0 Å². The number of sulfonamides is 1. The number of amides is 1. The third-order valence-corrected chi connectivity index (χ3v) is 6.36. The first-order chi connectivity index (χ1) is 11.4. The first kappa shape index (κ1) is 19.4. The van der Waals surface area contributed by atoms with Crippen LogP contribution in [0.1, 0.15) is 6.42 Å². The van der Waals surface area contributed by atoms with Gasteiger partial charge in [0.2, 0.25) is 15.9 Å². The average molecular weight is 450 g/mol. The van der Waals surface area contributed by atoms with Crippen molar-refractivity contribution in [3.63, 3.8) is 0 Å². The number of carbonyl (C=O) groups excluding carboxylic acids is 1. The zero-order chi connectivity index (χ0) is 17.6. The number of nitrogens with zero attached hydrogens (tertiary/aromatic N) is 1. The Labute approximate surface area is 157 Å². The molecule has 2 aromatic rings. The highest BCUT2D eigenvalue weighted by Crippen LogP contribution is 2.17. The second-order valence-corrected chi connectivity index (χ2v) is 9.25. The Hall–Kier alpha value is -0.940. The van der Waals surface area contributed by atoms with E-state index in [9.17, 15) is 13.2 Å². The van der Waals surface area contributed by atoms with E-state index in [1.807, 2.05) is 6.26 Å². The molecule has 1 atom stereocenters. The van der Waals surface area contributed by atoms with Crippen LogP contribution in [0, 0.1) is 0 Å². The van der Waals surface area contributed by atoms with E-state index < -0.39 is 22.0 Å². The third-order valence-electron chi connectivity index (χ3n) is 3.01. The van der Waals surface area contributed by atoms with Crippen molar-refractivity contribution in [3.8, 4) is 0 Å². The zero-order valence-electron chi connectivity index (χ0n) is 12.7. The summed E-state index contributed by atoms with van der Waals surface area (Å²) in [7, 11) is -3.79. The van der Waals surface area contributed by atoms with Gasteiger partial charge in [0.25, 0.3) is 0 Å². The lowest BCUT2D eigenvalue weighted by atomic mass is 10.2. The summed E-state index contributed by atoms with van der Waals surface area (Å²) in [6.07, 6.45) is 3.86. The van der Waals surface area contributed by atoms with Gasteiger partial charge in [-0.15, -0.1) is 11.3 Å². The molecule has 1 aromatic heterocycles. The van der Waals surface area contributed by atoms with Gasteiger partial charge < -0.3 is 5.32 Å². The quantitative estimate of drug-likeness (QED) is 0.646. The van der Waals surface area contributed by atoms with E-state index >= 15 is 0 Å². The highest BCUT2D eigenvalue weighted by Gasteiger charge is 2.26. The van der Waals surface area contributed by atoms with Gasteiger partial charge in [0, 0.05) is 16.0 Å². The molecule has 1 amide bonds. The number of nitrogens with one attached hydrogen (secondary N) is 2. The van der Waals surface area contributed by atoms with Crippen LogP contribution in [0.2, 0.25) is 0 Å². The van der Waals surface area contributed by atoms with Crippen molar-refractivity contribution in [1.82, 2.24) is 9.71 Å². The topological polar surface area (TPSA) is 88.2 Å². The van der Waals surface area contributed by atoms with Crippen molar-refractivity contribution in [1.29, 1.82) is 0 Å². The molecular formula is C14H16BrN3O3S3. The van der Waals surface area contributed by atoms with Gasteiger partial charge >= 0.3 is 0 Å². The maximum Gasteiger partial charge on any atom is 0.244 e. The first-order valence-corrected chi connectivity index (χ1v) is 11.4. The zero-order valence-corrected chi connectivity index (χ0v) is 16.8. The number of anilines is 1. The summed E-state index contributed by atoms with van der Waals surface area (Å²) in [6, 6.07) is 5.38. The van der Waals surface area contributed by atoms with E-state index in [2.05, 4.69) is 31.0 Å². The number of rotatable bonds is 8. The molecule has 130 valence electrons. The van der Waals surface area contributed by atoms with E-state index in [1.165, 1.54) is 23.5 Å². The number of thiazole rings is 1. The van der Waals surface area contributed by atoms with Crippen LogP contribution in [0.15, 0.2) is 45.2 Å². The predicted octanol–water partition coefficient (Wildman–Crippen LogP) is 2.94. The molecule has 0 spiro atoms. The van der Waals surface area contributed by atoms with Crippen LogP contribution in [0.3, 0.4) is 0 Å². The minimum Gasteiger partial charge on any atom is -0.301 e. The van der Waals surface area contributed by atoms with Gasteiger partial charge in [0.15, 0.2) is 5.13 Å². The van der Waals surface area contributed by atoms with Crippen LogP contribution in [-0.2, 0) is 14.8 Å². The second-order valence-electron chi connectivity index (χ2n) is 4.74. The largest absolute Gasteiger partial charge is 0.301 e. The lowest BCUT2D eigenvalue weighted by Gasteiger charge is -2.17. The monoisotopic (exact) mass is 449 g/mol. The predicted molar refractivity (Wildman–Crippen MR) is 102 cm³/mol. The van der Waals surface area contributed by atoms with Crippen molar-refractivity contribution >= 4 is 60.1 Å². The number of benzene rings is 1. The number of hydrogen-bond acceptors (Lipinski definition) is 6. The molecule has 1 unspecified atom stereocenters. The lowest BCUT2D eigenvalue weighted by Crippen LogP contribution is -2.44. The standard InChI is InChI=1S/C14H16BrN3O3S3/c1-22-8-6-12(13(19)17-14-16-7-9-23-14)18-24(20,21)11-4-2-10(15)3-5-11/h2-5,7,9,12,18H,6,8H2,1H3,(H,16,17,19). The molecule has 24 heavy (non-hydrogen) atoms. The van der Waals surface area contributed by atoms with E-state index in [0.717, 1.165) is 4.47 Å². The van der Waals surface area contributed by atoms with E-state index in [4.69, 9.17) is 0 Å². The fourth-order valence-electron chi connectivity index (χ4n) is 1.83. The number of aromatic nitrogens is 1. The van der Waals surface area contributed by atoms with Crippen molar-refractivity contribution in [3.05, 3.63) is 40.3 Å². The first-order valence-electron chi connectivity index (χ1n) is 6.89. The molecule has 0 bridgehead atoms. The Bertz CT molecular complexity index is 764. The van der Waals surface area contributed by atoms with Gasteiger partial charge in [-0.25, -0.2) is 13.4 Å². The number of carbonyl (C=O) groups is 1. The fraction of sp³-hybridized carbons (Fsp3) is 0.286. The fourth-order valence-corrected chi connectivity index (χ4v) is 4.32. The van der Waals surface area contributed by atoms with E-state index in [-0.39, 0.29) is 4.90 Å². The van der Waals surface area contributed by atoms with Gasteiger partial charge in [-0.05, 0) is 42.7 Å². The van der Waals surface area contributed by atoms with Gasteiger partial charge in [0.05, 0.1) is 4.90 Å². The molecule has 2 rings (SSSR count). The molecule has 0 saturated heterocycles. The Morgan fingerprint density at radius 1 is 1.38 bits per heavy atom. The van der Waals surface area contributed by atoms with Gasteiger partial charge in [-0.2, -0.15) is 16.5 Å². The van der Waals surface area contributed by atoms with Gasteiger partial charge in [-0.3, -0.25) is 4.79 Å². The van der Waals surface area contributed by atoms with Crippen LogP contribution in [0.5, 0.6) is 0 Å². The Morgan fingerprint density at radius 3 is 2.67 bits per heavy atom. The highest BCUT2D eigenvalue weighted by atomic mass is 79.9. The minimum absolute atomic E-state index is 0.113. The summed E-state index contributed by atoms with van der Waals surface area (Å²) in [4.78, 5) is 16.5. The maximum atomic E-state index is 12.5. The summed E-state index contributed by atoms with van der Waals surface area (Å²) in [6.45, 7) is 0. The Balaban J connectivity index is 2.14. The second kappa shape index (κ2) is 8.95. The molecule has 1 aromatic carbocycles. The summed E-state index contributed by atoms with van der Waals surface area (Å²) < 4.78 is 28.3. The molecule has 1 heterocycles. The van der Waals surface area contributed by atoms with Crippen LogP contribution in [0.25, 0.3) is 0 Å². The van der Waals surface area contributed by atoms with Crippen molar-refractivity contribution < 1.29 is 13.2 Å². The number of thioether (sulfide) groups is 1. The smallest absolute Gasteiger partial charge is 0.244 e. The van der Waals surface area contributed by atoms with Crippen LogP contribution in [0.4, 0.5) is 5.13 Å². The molecule has 0 aliphatic rings. The molecular weight excluding hydrogens is 434 g/mol. The summed E-state index contributed by atoms with van der Waals surface area (Å²) in [5.74, 6) is 0.235. The molecule has 0 aliphatic heterocycles. The van der Waals surface area contributed by atoms with Gasteiger partial charge in [-0.1, -0.05) is 15.9 Å².